The molecule has 0 bridgehead atoms. The highest BCUT2D eigenvalue weighted by Gasteiger charge is 2.34. The zero-order chi connectivity index (χ0) is 21.2. The molecule has 0 aliphatic rings. The number of hydrogen-bond acceptors (Lipinski definition) is 6. The lowest BCUT2D eigenvalue weighted by molar-refractivity contribution is -0.137. The first-order valence-corrected chi connectivity index (χ1v) is 8.68. The third-order valence-electron chi connectivity index (χ3n) is 3.73. The number of aromatic nitrogens is 1. The number of methoxy groups -OCH3 is 1. The van der Waals surface area contributed by atoms with E-state index in [4.69, 9.17) is 14.3 Å². The minimum Gasteiger partial charge on any atom is -0.495 e. The number of alkyl halides is 3. The number of benzene rings is 2. The van der Waals surface area contributed by atoms with Gasteiger partial charge in [0.25, 0.3) is 0 Å². The fourth-order valence-corrected chi connectivity index (χ4v) is 3.02. The van der Waals surface area contributed by atoms with Gasteiger partial charge < -0.3 is 19.0 Å². The Balaban J connectivity index is 1.83. The number of carboxylic acids is 1. The lowest BCUT2D eigenvalue weighted by Crippen LogP contribution is -2.06. The van der Waals surface area contributed by atoms with Gasteiger partial charge in [0.1, 0.15) is 17.8 Å². The molecular weight excluding hydrogens is 416 g/mol. The smallest absolute Gasteiger partial charge is 0.417 e. The SMILES string of the molecule is COc1cc(C(=O)O)c(F)cc1NSc1coc(-c2ccccc2C(F)(F)F)n1. The summed E-state index contributed by atoms with van der Waals surface area (Å²) in [5, 5.41) is 9.12. The molecule has 1 aromatic heterocycles. The van der Waals surface area contributed by atoms with Crippen molar-refractivity contribution in [2.45, 2.75) is 11.2 Å². The summed E-state index contributed by atoms with van der Waals surface area (Å²) in [5.41, 5.74) is -1.56. The first-order valence-electron chi connectivity index (χ1n) is 7.86. The second-order valence-corrected chi connectivity index (χ2v) is 6.40. The number of hydrogen-bond donors (Lipinski definition) is 2. The van der Waals surface area contributed by atoms with Gasteiger partial charge in [-0.2, -0.15) is 13.2 Å². The molecule has 0 aliphatic carbocycles. The van der Waals surface area contributed by atoms with Gasteiger partial charge in [-0.05, 0) is 18.2 Å². The number of oxazole rings is 1. The molecule has 0 spiro atoms. The number of anilines is 1. The lowest BCUT2D eigenvalue weighted by Gasteiger charge is -2.11. The molecule has 2 N–H and O–H groups in total. The normalized spacial score (nSPS) is 11.3. The molecule has 152 valence electrons. The highest BCUT2D eigenvalue weighted by molar-refractivity contribution is 8.00. The molecule has 0 atom stereocenters. The van der Waals surface area contributed by atoms with Crippen LogP contribution in [0.4, 0.5) is 23.2 Å². The van der Waals surface area contributed by atoms with Crippen molar-refractivity contribution in [1.82, 2.24) is 4.98 Å². The highest BCUT2D eigenvalue weighted by Crippen LogP contribution is 2.37. The Kier molecular flexibility index (Phi) is 5.69. The number of aromatic carboxylic acids is 1. The molecule has 0 saturated heterocycles. The Morgan fingerprint density at radius 1 is 1.28 bits per heavy atom. The molecule has 0 fully saturated rings. The van der Waals surface area contributed by atoms with E-state index >= 15 is 0 Å². The molecule has 3 aromatic rings. The third kappa shape index (κ3) is 4.45. The molecule has 0 unspecified atom stereocenters. The number of rotatable bonds is 6. The third-order valence-corrected chi connectivity index (χ3v) is 4.45. The monoisotopic (exact) mass is 428 g/mol. The van der Waals surface area contributed by atoms with Crippen molar-refractivity contribution in [1.29, 1.82) is 0 Å². The molecule has 0 aliphatic heterocycles. The number of carbonyl (C=O) groups is 1. The summed E-state index contributed by atoms with van der Waals surface area (Å²) in [6.45, 7) is 0. The van der Waals surface area contributed by atoms with Crippen LogP contribution in [-0.2, 0) is 6.18 Å². The summed E-state index contributed by atoms with van der Waals surface area (Å²) in [5.74, 6) is -2.62. The second kappa shape index (κ2) is 8.03. The van der Waals surface area contributed by atoms with E-state index in [1.165, 1.54) is 25.3 Å². The fraction of sp³-hybridized carbons (Fsp3) is 0.111. The van der Waals surface area contributed by atoms with Gasteiger partial charge in [0.05, 0.1) is 23.9 Å². The van der Waals surface area contributed by atoms with E-state index in [2.05, 4.69) is 9.71 Å². The van der Waals surface area contributed by atoms with E-state index in [0.717, 1.165) is 36.4 Å². The number of ether oxygens (including phenoxy) is 1. The molecule has 0 saturated carbocycles. The van der Waals surface area contributed by atoms with Crippen molar-refractivity contribution in [2.24, 2.45) is 0 Å². The van der Waals surface area contributed by atoms with E-state index in [-0.39, 0.29) is 27.9 Å². The Labute approximate surface area is 165 Å². The minimum atomic E-state index is -4.58. The van der Waals surface area contributed by atoms with Crippen molar-refractivity contribution in [3.05, 3.63) is 59.6 Å². The van der Waals surface area contributed by atoms with Gasteiger partial charge >= 0.3 is 12.1 Å². The maximum absolute atomic E-state index is 13.9. The average molecular weight is 428 g/mol. The van der Waals surface area contributed by atoms with E-state index < -0.39 is 29.1 Å². The Morgan fingerprint density at radius 3 is 2.66 bits per heavy atom. The van der Waals surface area contributed by atoms with Gasteiger partial charge in [-0.25, -0.2) is 14.2 Å². The largest absolute Gasteiger partial charge is 0.495 e. The standard InChI is InChI=1S/C18H12F4N2O4S/c1-27-14-6-10(17(25)26)12(19)7-13(14)24-29-15-8-28-16(23-15)9-4-2-3-5-11(9)18(20,21)22/h2-8,24H,1H3,(H,25,26). The number of carboxylic acid groups (broad SMARTS) is 1. The van der Waals surface area contributed by atoms with Crippen LogP contribution >= 0.6 is 11.9 Å². The predicted octanol–water partition coefficient (Wildman–Crippen LogP) is 5.33. The van der Waals surface area contributed by atoms with Crippen LogP contribution in [0.15, 0.2) is 52.1 Å². The summed E-state index contributed by atoms with van der Waals surface area (Å²) in [7, 11) is 1.27. The van der Waals surface area contributed by atoms with Gasteiger partial charge in [-0.3, -0.25) is 0 Å². The molecule has 2 aromatic carbocycles. The van der Waals surface area contributed by atoms with E-state index in [9.17, 15) is 22.4 Å². The van der Waals surface area contributed by atoms with Crippen LogP contribution in [0.5, 0.6) is 5.75 Å². The maximum Gasteiger partial charge on any atom is 0.417 e. The Morgan fingerprint density at radius 2 is 2.00 bits per heavy atom. The van der Waals surface area contributed by atoms with Crippen molar-refractivity contribution < 1.29 is 36.6 Å². The average Bonchev–Trinajstić information content (AvgIpc) is 3.14. The van der Waals surface area contributed by atoms with Crippen molar-refractivity contribution >= 4 is 23.6 Å². The summed E-state index contributed by atoms with van der Waals surface area (Å²) in [6.07, 6.45) is -3.44. The Hall–Kier alpha value is -3.21. The van der Waals surface area contributed by atoms with Crippen LogP contribution in [0.3, 0.4) is 0 Å². The summed E-state index contributed by atoms with van der Waals surface area (Å²) in [4.78, 5) is 15.0. The Bertz CT molecular complexity index is 1050. The van der Waals surface area contributed by atoms with Gasteiger partial charge in [0, 0.05) is 23.6 Å². The van der Waals surface area contributed by atoms with Crippen LogP contribution in [0.25, 0.3) is 11.5 Å². The molecular formula is C18H12F4N2O4S. The molecule has 0 radical (unpaired) electrons. The predicted molar refractivity (Wildman–Crippen MR) is 96.3 cm³/mol. The molecule has 0 amide bonds. The zero-order valence-electron chi connectivity index (χ0n) is 14.6. The van der Waals surface area contributed by atoms with Crippen molar-refractivity contribution in [3.8, 4) is 17.2 Å². The van der Waals surface area contributed by atoms with E-state index in [0.29, 0.717) is 0 Å². The van der Waals surface area contributed by atoms with E-state index in [1.807, 2.05) is 0 Å². The summed E-state index contributed by atoms with van der Waals surface area (Å²) >= 11 is 0.825. The van der Waals surface area contributed by atoms with Crippen LogP contribution in [0, 0.1) is 5.82 Å². The summed E-state index contributed by atoms with van der Waals surface area (Å²) in [6, 6.07) is 6.77. The molecule has 6 nitrogen and oxygen atoms in total. The number of nitrogens with zero attached hydrogens (tertiary/aromatic N) is 1. The minimum absolute atomic E-state index is 0.0578. The highest BCUT2D eigenvalue weighted by atomic mass is 32.2. The fourth-order valence-electron chi connectivity index (χ4n) is 2.42. The van der Waals surface area contributed by atoms with Crippen LogP contribution in [0.1, 0.15) is 15.9 Å². The van der Waals surface area contributed by atoms with Crippen LogP contribution in [-0.4, -0.2) is 23.2 Å². The van der Waals surface area contributed by atoms with Crippen LogP contribution in [0.2, 0.25) is 0 Å². The van der Waals surface area contributed by atoms with Gasteiger partial charge in [-0.15, -0.1) is 0 Å². The molecule has 29 heavy (non-hydrogen) atoms. The second-order valence-electron chi connectivity index (χ2n) is 5.58. The zero-order valence-corrected chi connectivity index (χ0v) is 15.4. The number of halogens is 4. The van der Waals surface area contributed by atoms with Gasteiger partial charge in [0.2, 0.25) is 5.89 Å². The lowest BCUT2D eigenvalue weighted by atomic mass is 10.1. The first-order chi connectivity index (χ1) is 13.7. The van der Waals surface area contributed by atoms with Crippen molar-refractivity contribution in [2.75, 3.05) is 11.8 Å². The van der Waals surface area contributed by atoms with Gasteiger partial charge in [0.15, 0.2) is 5.03 Å². The molecule has 3 rings (SSSR count). The van der Waals surface area contributed by atoms with Gasteiger partial charge in [-0.1, -0.05) is 12.1 Å². The topological polar surface area (TPSA) is 84.6 Å². The molecule has 1 heterocycles. The maximum atomic E-state index is 13.9. The number of nitrogens with one attached hydrogen (secondary N) is 1. The van der Waals surface area contributed by atoms with Crippen molar-refractivity contribution in [3.63, 3.8) is 0 Å². The molecule has 11 heteroatoms. The first kappa shape index (κ1) is 20.5. The summed E-state index contributed by atoms with van der Waals surface area (Å²) < 4.78 is 66.2. The van der Waals surface area contributed by atoms with E-state index in [1.54, 1.807) is 0 Å². The quantitative estimate of drug-likeness (QED) is 0.406. The van der Waals surface area contributed by atoms with Crippen LogP contribution < -0.4 is 9.46 Å².